The number of aliphatic hydroxyl groups is 2. The van der Waals surface area contributed by atoms with Crippen molar-refractivity contribution >= 4 is 17.7 Å². The zero-order chi connectivity index (χ0) is 23.0. The lowest BCUT2D eigenvalue weighted by Gasteiger charge is -2.11. The average Bonchev–Trinajstić information content (AvgIpc) is 3.07. The number of nitrogens with zero attached hydrogens (tertiary/aromatic N) is 4. The summed E-state index contributed by atoms with van der Waals surface area (Å²) in [6.07, 6.45) is 5.48. The molecule has 0 fully saturated rings. The SMILES string of the molecule is C/C=C/c1c(C#N)c(-c2ccc(C#N)cc2)c(C)n1Cc1cnc(Cl)c(CO)c1.CO. The molecule has 0 aliphatic rings. The third-order valence-corrected chi connectivity index (χ3v) is 5.12. The monoisotopic (exact) mass is 434 g/mol. The van der Waals surface area contributed by atoms with E-state index in [0.29, 0.717) is 23.2 Å². The molecule has 0 saturated carbocycles. The summed E-state index contributed by atoms with van der Waals surface area (Å²) >= 11 is 6.01. The van der Waals surface area contributed by atoms with Gasteiger partial charge in [-0.1, -0.05) is 29.8 Å². The summed E-state index contributed by atoms with van der Waals surface area (Å²) in [5.41, 5.74) is 6.04. The third kappa shape index (κ3) is 5.02. The predicted octanol–water partition coefficient (Wildman–Crippen LogP) is 4.44. The maximum Gasteiger partial charge on any atom is 0.134 e. The molecule has 31 heavy (non-hydrogen) atoms. The lowest BCUT2D eigenvalue weighted by molar-refractivity contribution is 0.281. The van der Waals surface area contributed by atoms with E-state index in [0.717, 1.165) is 35.2 Å². The van der Waals surface area contributed by atoms with E-state index in [1.165, 1.54) is 0 Å². The summed E-state index contributed by atoms with van der Waals surface area (Å²) in [6, 6.07) is 13.5. The van der Waals surface area contributed by atoms with E-state index in [1.54, 1.807) is 18.3 Å². The summed E-state index contributed by atoms with van der Waals surface area (Å²) in [6.45, 7) is 4.17. The Labute approximate surface area is 186 Å². The number of allylic oxidation sites excluding steroid dienone is 1. The van der Waals surface area contributed by atoms with Gasteiger partial charge in [0.15, 0.2) is 0 Å². The molecule has 2 heterocycles. The molecule has 0 aliphatic heterocycles. The molecule has 3 aromatic rings. The lowest BCUT2D eigenvalue weighted by atomic mass is 10.00. The molecule has 6 nitrogen and oxygen atoms in total. The smallest absolute Gasteiger partial charge is 0.134 e. The molecule has 0 saturated heterocycles. The largest absolute Gasteiger partial charge is 0.400 e. The molecule has 158 valence electrons. The lowest BCUT2D eigenvalue weighted by Crippen LogP contribution is -2.06. The van der Waals surface area contributed by atoms with E-state index >= 15 is 0 Å². The molecule has 0 unspecified atom stereocenters. The number of hydrogen-bond acceptors (Lipinski definition) is 5. The topological polar surface area (TPSA) is 106 Å². The van der Waals surface area contributed by atoms with Crippen LogP contribution in [0, 0.1) is 29.6 Å². The van der Waals surface area contributed by atoms with E-state index in [2.05, 4.69) is 21.7 Å². The minimum Gasteiger partial charge on any atom is -0.400 e. The Morgan fingerprint density at radius 1 is 1.16 bits per heavy atom. The molecule has 2 N–H and O–H groups in total. The van der Waals surface area contributed by atoms with Gasteiger partial charge in [-0.25, -0.2) is 4.98 Å². The Bertz CT molecular complexity index is 1170. The van der Waals surface area contributed by atoms with Crippen LogP contribution in [0.5, 0.6) is 0 Å². The fourth-order valence-corrected chi connectivity index (χ4v) is 3.56. The van der Waals surface area contributed by atoms with Crippen LogP contribution in [0.25, 0.3) is 17.2 Å². The zero-order valence-corrected chi connectivity index (χ0v) is 18.4. The molecule has 0 spiro atoms. The summed E-state index contributed by atoms with van der Waals surface area (Å²) in [5, 5.41) is 35.7. The van der Waals surface area contributed by atoms with Crippen molar-refractivity contribution in [1.82, 2.24) is 9.55 Å². The maximum atomic E-state index is 9.90. The molecule has 1 aromatic carbocycles. The van der Waals surface area contributed by atoms with Crippen LogP contribution in [-0.2, 0) is 13.2 Å². The number of pyridine rings is 1. The first-order chi connectivity index (χ1) is 15.0. The normalized spacial score (nSPS) is 10.3. The fraction of sp³-hybridized carbons (Fsp3) is 0.208. The average molecular weight is 435 g/mol. The number of benzene rings is 1. The van der Waals surface area contributed by atoms with Gasteiger partial charge < -0.3 is 14.8 Å². The van der Waals surface area contributed by atoms with Gasteiger partial charge in [-0.15, -0.1) is 0 Å². The summed E-state index contributed by atoms with van der Waals surface area (Å²) in [5.74, 6) is 0. The maximum absolute atomic E-state index is 9.90. The van der Waals surface area contributed by atoms with Crippen LogP contribution in [0.4, 0.5) is 0 Å². The standard InChI is InChI=1S/C23H19ClN4O.CH4O/c1-3-4-21-20(11-26)22(18-7-5-16(10-25)6-8-18)15(2)28(21)13-17-9-19(14-29)23(24)27-12-17;1-2/h3-9,12,29H,13-14H2,1-2H3;2H,1H3/b4-3+;. The molecule has 0 radical (unpaired) electrons. The number of rotatable bonds is 5. The van der Waals surface area contributed by atoms with Gasteiger partial charge in [-0.2, -0.15) is 10.5 Å². The van der Waals surface area contributed by atoms with Crippen LogP contribution in [-0.4, -0.2) is 26.9 Å². The first kappa shape index (κ1) is 23.9. The second kappa shape index (κ2) is 11.1. The van der Waals surface area contributed by atoms with Gasteiger partial charge in [-0.05, 0) is 49.2 Å². The third-order valence-electron chi connectivity index (χ3n) is 4.78. The summed E-state index contributed by atoms with van der Waals surface area (Å²) in [7, 11) is 1.00. The Hall–Kier alpha value is -3.42. The molecule has 2 aromatic heterocycles. The number of aromatic nitrogens is 2. The molecule has 7 heteroatoms. The van der Waals surface area contributed by atoms with Gasteiger partial charge in [0.25, 0.3) is 0 Å². The van der Waals surface area contributed by atoms with Gasteiger partial charge in [0.1, 0.15) is 11.2 Å². The van der Waals surface area contributed by atoms with Crippen molar-refractivity contribution in [3.05, 3.63) is 81.4 Å². The Kier molecular flexibility index (Phi) is 8.54. The highest BCUT2D eigenvalue weighted by Gasteiger charge is 2.20. The molecular formula is C24H23ClN4O2. The number of nitriles is 2. The van der Waals surface area contributed by atoms with Crippen LogP contribution >= 0.6 is 11.6 Å². The van der Waals surface area contributed by atoms with Crippen LogP contribution in [0.2, 0.25) is 5.15 Å². The van der Waals surface area contributed by atoms with Crippen molar-refractivity contribution in [2.75, 3.05) is 7.11 Å². The van der Waals surface area contributed by atoms with Crippen molar-refractivity contribution in [1.29, 1.82) is 10.5 Å². The quantitative estimate of drug-likeness (QED) is 0.577. The van der Waals surface area contributed by atoms with Crippen molar-refractivity contribution in [2.45, 2.75) is 27.0 Å². The number of halogens is 1. The highest BCUT2D eigenvalue weighted by Crippen LogP contribution is 2.34. The molecule has 0 atom stereocenters. The first-order valence-electron chi connectivity index (χ1n) is 9.49. The van der Waals surface area contributed by atoms with Crippen molar-refractivity contribution < 1.29 is 10.2 Å². The van der Waals surface area contributed by atoms with E-state index in [-0.39, 0.29) is 11.8 Å². The fourth-order valence-electron chi connectivity index (χ4n) is 3.40. The van der Waals surface area contributed by atoms with E-state index in [9.17, 15) is 10.4 Å². The highest BCUT2D eigenvalue weighted by molar-refractivity contribution is 6.30. The Balaban J connectivity index is 0.00000166. The zero-order valence-electron chi connectivity index (χ0n) is 17.6. The van der Waals surface area contributed by atoms with Crippen LogP contribution in [0.15, 0.2) is 42.6 Å². The van der Waals surface area contributed by atoms with Gasteiger partial charge in [-0.3, -0.25) is 0 Å². The van der Waals surface area contributed by atoms with E-state index in [1.807, 2.05) is 44.2 Å². The van der Waals surface area contributed by atoms with Crippen molar-refractivity contribution in [2.24, 2.45) is 0 Å². The molecule has 0 aliphatic carbocycles. The first-order valence-corrected chi connectivity index (χ1v) is 9.87. The van der Waals surface area contributed by atoms with Crippen molar-refractivity contribution in [3.8, 4) is 23.3 Å². The number of hydrogen-bond donors (Lipinski definition) is 2. The van der Waals surface area contributed by atoms with Gasteiger partial charge >= 0.3 is 0 Å². The van der Waals surface area contributed by atoms with Crippen LogP contribution in [0.1, 0.15) is 40.6 Å². The van der Waals surface area contributed by atoms with Crippen LogP contribution in [0.3, 0.4) is 0 Å². The highest BCUT2D eigenvalue weighted by atomic mass is 35.5. The van der Waals surface area contributed by atoms with Gasteiger partial charge in [0.2, 0.25) is 0 Å². The number of aliphatic hydroxyl groups excluding tert-OH is 2. The predicted molar refractivity (Wildman–Crippen MR) is 121 cm³/mol. The van der Waals surface area contributed by atoms with Crippen molar-refractivity contribution in [3.63, 3.8) is 0 Å². The minimum absolute atomic E-state index is 0.189. The second-order valence-corrected chi connectivity index (χ2v) is 6.92. The van der Waals surface area contributed by atoms with E-state index in [4.69, 9.17) is 22.0 Å². The summed E-state index contributed by atoms with van der Waals surface area (Å²) < 4.78 is 2.05. The van der Waals surface area contributed by atoms with E-state index < -0.39 is 0 Å². The Morgan fingerprint density at radius 2 is 1.84 bits per heavy atom. The molecule has 3 rings (SSSR count). The molecule has 0 amide bonds. The minimum atomic E-state index is -0.189. The molecule has 0 bridgehead atoms. The molecular weight excluding hydrogens is 412 g/mol. The van der Waals surface area contributed by atoms with Crippen LogP contribution < -0.4 is 0 Å². The van der Waals surface area contributed by atoms with Gasteiger partial charge in [0.05, 0.1) is 29.5 Å². The second-order valence-electron chi connectivity index (χ2n) is 6.56. The summed E-state index contributed by atoms with van der Waals surface area (Å²) in [4.78, 5) is 4.16. The van der Waals surface area contributed by atoms with Gasteiger partial charge in [0, 0.05) is 36.7 Å². The Morgan fingerprint density at radius 3 is 2.39 bits per heavy atom.